The number of hydrogen-bond acceptors (Lipinski definition) is 5. The van der Waals surface area contributed by atoms with E-state index in [-0.39, 0.29) is 18.2 Å². The third-order valence-corrected chi connectivity index (χ3v) is 4.43. The van der Waals surface area contributed by atoms with Gasteiger partial charge in [-0.15, -0.1) is 0 Å². The van der Waals surface area contributed by atoms with Crippen molar-refractivity contribution in [1.82, 2.24) is 10.3 Å². The lowest BCUT2D eigenvalue weighted by Gasteiger charge is -2.14. The smallest absolute Gasteiger partial charge is 0.422 e. The summed E-state index contributed by atoms with van der Waals surface area (Å²) < 4.78 is 52.8. The van der Waals surface area contributed by atoms with Gasteiger partial charge in [0, 0.05) is 24.5 Å². The average Bonchev–Trinajstić information content (AvgIpc) is 2.81. The molecule has 0 aliphatic rings. The number of ether oxygens (including phenoxy) is 3. The number of aromatic nitrogens is 1. The van der Waals surface area contributed by atoms with Crippen molar-refractivity contribution in [3.8, 4) is 17.2 Å². The van der Waals surface area contributed by atoms with E-state index < -0.39 is 12.8 Å². The molecule has 174 valence electrons. The molecule has 1 N–H and O–H groups in total. The van der Waals surface area contributed by atoms with Gasteiger partial charge in [-0.1, -0.05) is 12.1 Å². The number of benzene rings is 2. The molecule has 0 bridgehead atoms. The predicted molar refractivity (Wildman–Crippen MR) is 115 cm³/mol. The molecule has 1 amide bonds. The molecular weight excluding hydrogens is 437 g/mol. The lowest BCUT2D eigenvalue weighted by Crippen LogP contribution is -2.23. The standard InChI is InChI=1S/C24H23F3N2O4/c1-2-31-22-13-19(5-8-21(22)32-15-18-9-11-28-12-10-18)23(30)29-14-17-3-6-20(7-4-17)33-16-24(25,26)27/h3-13H,2,14-16H2,1H3,(H,29,30). The summed E-state index contributed by atoms with van der Waals surface area (Å²) in [5.41, 5.74) is 2.05. The Morgan fingerprint density at radius 1 is 0.909 bits per heavy atom. The monoisotopic (exact) mass is 460 g/mol. The Balaban J connectivity index is 1.58. The highest BCUT2D eigenvalue weighted by Crippen LogP contribution is 2.29. The Bertz CT molecular complexity index is 1040. The van der Waals surface area contributed by atoms with Gasteiger partial charge in [0.2, 0.25) is 0 Å². The van der Waals surface area contributed by atoms with Crippen LogP contribution < -0.4 is 19.5 Å². The minimum absolute atomic E-state index is 0.103. The molecule has 0 aliphatic heterocycles. The van der Waals surface area contributed by atoms with Crippen LogP contribution >= 0.6 is 0 Å². The first-order chi connectivity index (χ1) is 15.8. The first-order valence-corrected chi connectivity index (χ1v) is 10.2. The van der Waals surface area contributed by atoms with Crippen molar-refractivity contribution in [1.29, 1.82) is 0 Å². The maximum Gasteiger partial charge on any atom is 0.422 e. The van der Waals surface area contributed by atoms with Crippen LogP contribution in [0.2, 0.25) is 0 Å². The summed E-state index contributed by atoms with van der Waals surface area (Å²) in [5.74, 6) is 0.741. The zero-order valence-corrected chi connectivity index (χ0v) is 17.9. The average molecular weight is 460 g/mol. The van der Waals surface area contributed by atoms with Crippen LogP contribution in [-0.2, 0) is 13.2 Å². The molecule has 0 saturated heterocycles. The van der Waals surface area contributed by atoms with Crippen LogP contribution in [0.1, 0.15) is 28.4 Å². The number of carbonyl (C=O) groups excluding carboxylic acids is 1. The Morgan fingerprint density at radius 3 is 2.30 bits per heavy atom. The fourth-order valence-electron chi connectivity index (χ4n) is 2.83. The van der Waals surface area contributed by atoms with Crippen LogP contribution in [0, 0.1) is 0 Å². The van der Waals surface area contributed by atoms with Crippen molar-refractivity contribution < 1.29 is 32.2 Å². The van der Waals surface area contributed by atoms with Crippen LogP contribution in [0.3, 0.4) is 0 Å². The van der Waals surface area contributed by atoms with Crippen molar-refractivity contribution >= 4 is 5.91 Å². The number of alkyl halides is 3. The largest absolute Gasteiger partial charge is 0.490 e. The van der Waals surface area contributed by atoms with E-state index in [1.807, 2.05) is 19.1 Å². The van der Waals surface area contributed by atoms with Gasteiger partial charge in [-0.3, -0.25) is 9.78 Å². The van der Waals surface area contributed by atoms with Crippen LogP contribution in [0.4, 0.5) is 13.2 Å². The van der Waals surface area contributed by atoms with Gasteiger partial charge in [0.05, 0.1) is 6.61 Å². The minimum Gasteiger partial charge on any atom is -0.490 e. The number of hydrogen-bond donors (Lipinski definition) is 1. The van der Waals surface area contributed by atoms with Gasteiger partial charge in [-0.05, 0) is 60.5 Å². The Morgan fingerprint density at radius 2 is 1.64 bits per heavy atom. The lowest BCUT2D eigenvalue weighted by atomic mass is 10.1. The molecule has 6 nitrogen and oxygen atoms in total. The first-order valence-electron chi connectivity index (χ1n) is 10.2. The maximum atomic E-state index is 12.6. The third kappa shape index (κ3) is 7.71. The number of nitrogens with one attached hydrogen (secondary N) is 1. The van der Waals surface area contributed by atoms with E-state index in [1.54, 1.807) is 42.7 Å². The lowest BCUT2D eigenvalue weighted by molar-refractivity contribution is -0.153. The molecule has 0 radical (unpaired) electrons. The Hall–Kier alpha value is -3.75. The van der Waals surface area contributed by atoms with E-state index in [4.69, 9.17) is 9.47 Å². The summed E-state index contributed by atoms with van der Waals surface area (Å²) in [7, 11) is 0. The summed E-state index contributed by atoms with van der Waals surface area (Å²) in [6.45, 7) is 1.41. The van der Waals surface area contributed by atoms with Crippen molar-refractivity contribution in [3.05, 3.63) is 83.7 Å². The first kappa shape index (κ1) is 23.9. The quantitative estimate of drug-likeness (QED) is 0.465. The van der Waals surface area contributed by atoms with E-state index >= 15 is 0 Å². The van der Waals surface area contributed by atoms with Crippen molar-refractivity contribution in [2.75, 3.05) is 13.2 Å². The molecule has 9 heteroatoms. The molecule has 33 heavy (non-hydrogen) atoms. The molecule has 0 atom stereocenters. The van der Waals surface area contributed by atoms with Gasteiger partial charge in [0.25, 0.3) is 5.91 Å². The van der Waals surface area contributed by atoms with E-state index in [2.05, 4.69) is 15.0 Å². The van der Waals surface area contributed by atoms with Crippen molar-refractivity contribution in [2.45, 2.75) is 26.3 Å². The molecule has 2 aromatic carbocycles. The summed E-state index contributed by atoms with van der Waals surface area (Å²) >= 11 is 0. The second kappa shape index (κ2) is 11.2. The normalized spacial score (nSPS) is 11.0. The van der Waals surface area contributed by atoms with Gasteiger partial charge in [-0.25, -0.2) is 0 Å². The van der Waals surface area contributed by atoms with Crippen molar-refractivity contribution in [3.63, 3.8) is 0 Å². The van der Waals surface area contributed by atoms with Gasteiger partial charge in [-0.2, -0.15) is 13.2 Å². The van der Waals surface area contributed by atoms with Gasteiger partial charge >= 0.3 is 6.18 Å². The summed E-state index contributed by atoms with van der Waals surface area (Å²) in [6, 6.07) is 14.6. The number of rotatable bonds is 10. The molecule has 0 unspecified atom stereocenters. The summed E-state index contributed by atoms with van der Waals surface area (Å²) in [5, 5.41) is 2.77. The van der Waals surface area contributed by atoms with Crippen LogP contribution in [0.5, 0.6) is 17.2 Å². The van der Waals surface area contributed by atoms with Gasteiger partial charge in [0.15, 0.2) is 18.1 Å². The highest BCUT2D eigenvalue weighted by molar-refractivity contribution is 5.94. The van der Waals surface area contributed by atoms with Crippen LogP contribution in [-0.4, -0.2) is 30.3 Å². The number of halogens is 3. The molecule has 0 aliphatic carbocycles. The summed E-state index contributed by atoms with van der Waals surface area (Å²) in [4.78, 5) is 16.5. The number of amides is 1. The topological polar surface area (TPSA) is 69.7 Å². The second-order valence-corrected chi connectivity index (χ2v) is 6.97. The SMILES string of the molecule is CCOc1cc(C(=O)NCc2ccc(OCC(F)(F)F)cc2)ccc1OCc1ccncc1. The van der Waals surface area contributed by atoms with Gasteiger partial charge < -0.3 is 19.5 Å². The number of carbonyl (C=O) groups is 1. The summed E-state index contributed by atoms with van der Waals surface area (Å²) in [6.07, 6.45) is -1.04. The molecule has 0 fully saturated rings. The minimum atomic E-state index is -4.40. The zero-order valence-electron chi connectivity index (χ0n) is 17.9. The predicted octanol–water partition coefficient (Wildman–Crippen LogP) is 4.93. The highest BCUT2D eigenvalue weighted by Gasteiger charge is 2.28. The maximum absolute atomic E-state index is 12.6. The molecule has 3 aromatic rings. The number of pyridine rings is 1. The Labute approximate surface area is 189 Å². The molecule has 0 saturated carbocycles. The molecule has 1 aromatic heterocycles. The second-order valence-electron chi connectivity index (χ2n) is 6.97. The molecule has 1 heterocycles. The van der Waals surface area contributed by atoms with Gasteiger partial charge in [0.1, 0.15) is 12.4 Å². The fourth-order valence-corrected chi connectivity index (χ4v) is 2.83. The van der Waals surface area contributed by atoms with E-state index in [0.29, 0.717) is 35.8 Å². The van der Waals surface area contributed by atoms with E-state index in [1.165, 1.54) is 12.1 Å². The van der Waals surface area contributed by atoms with E-state index in [0.717, 1.165) is 5.56 Å². The van der Waals surface area contributed by atoms with Crippen LogP contribution in [0.25, 0.3) is 0 Å². The molecule has 3 rings (SSSR count). The van der Waals surface area contributed by atoms with Crippen LogP contribution in [0.15, 0.2) is 67.0 Å². The van der Waals surface area contributed by atoms with E-state index in [9.17, 15) is 18.0 Å². The highest BCUT2D eigenvalue weighted by atomic mass is 19.4. The fraction of sp³-hybridized carbons (Fsp3) is 0.250. The third-order valence-electron chi connectivity index (χ3n) is 4.43. The number of nitrogens with zero attached hydrogens (tertiary/aromatic N) is 1. The molecular formula is C24H23F3N2O4. The zero-order chi connectivity index (χ0) is 23.7. The molecule has 0 spiro atoms. The Kier molecular flexibility index (Phi) is 8.12. The van der Waals surface area contributed by atoms with Crippen molar-refractivity contribution in [2.24, 2.45) is 0 Å².